The van der Waals surface area contributed by atoms with Crippen molar-refractivity contribution in [2.24, 2.45) is 5.73 Å². The Hall–Kier alpha value is 0.160. The van der Waals surface area contributed by atoms with Gasteiger partial charge < -0.3 is 0 Å². The number of ether oxygens (including phenoxy) is 2. The van der Waals surface area contributed by atoms with Crippen molar-refractivity contribution < 1.29 is 65.0 Å². The summed E-state index contributed by atoms with van der Waals surface area (Å²) in [6.45, 7) is 0. The number of hydrogen-bond donors (Lipinski definition) is 1. The summed E-state index contributed by atoms with van der Waals surface area (Å²) in [5, 5.41) is 0. The predicted octanol–water partition coefficient (Wildman–Crippen LogP) is -6.13. The van der Waals surface area contributed by atoms with Crippen molar-refractivity contribution in [1.82, 2.24) is 0 Å². The van der Waals surface area contributed by atoms with Crippen LogP contribution < -0.4 is 48.6 Å². The van der Waals surface area contributed by atoms with Gasteiger partial charge in [0.25, 0.3) is 0 Å². The third-order valence-corrected chi connectivity index (χ3v) is 4.88. The molecule has 0 aromatic heterocycles. The molecule has 0 spiro atoms. The molecule has 0 aliphatic heterocycles. The van der Waals surface area contributed by atoms with E-state index in [2.05, 4.69) is 9.47 Å². The van der Waals surface area contributed by atoms with Crippen LogP contribution in [0.1, 0.15) is 0 Å². The summed E-state index contributed by atoms with van der Waals surface area (Å²) in [6.07, 6.45) is -0.800. The molecule has 6 nitrogen and oxygen atoms in total. The van der Waals surface area contributed by atoms with Crippen LogP contribution in [0.4, 0.5) is 9.59 Å². The van der Waals surface area contributed by atoms with Crippen molar-refractivity contribution in [1.29, 1.82) is 0 Å². The molecule has 0 fully saturated rings. The number of rotatable bonds is 6. The molecule has 0 aromatic rings. The van der Waals surface area contributed by atoms with E-state index in [1.807, 2.05) is 0 Å². The normalized spacial score (nSPS) is 9.92. The summed E-state index contributed by atoms with van der Waals surface area (Å²) in [5.41, 5.74) is 4.71. The fourth-order valence-electron chi connectivity index (χ4n) is 0.256. The molecular weight excluding hydrogens is 408 g/mol. The summed E-state index contributed by atoms with van der Waals surface area (Å²) in [6, 6.07) is 0. The molecule has 0 aliphatic rings. The average molecular weight is 417 g/mol. The zero-order valence-corrected chi connectivity index (χ0v) is 11.1. The number of amides is 1. The van der Waals surface area contributed by atoms with E-state index in [1.54, 1.807) is 0 Å². The Kier molecular flexibility index (Phi) is 8.85. The summed E-state index contributed by atoms with van der Waals surface area (Å²) in [5.74, 6) is 0. The third-order valence-electron chi connectivity index (χ3n) is 0.684. The number of nitrogens with two attached hydrogens (primary N) is 1. The average Bonchev–Trinajstić information content (AvgIpc) is 2.10. The predicted molar refractivity (Wildman–Crippen MR) is 33.9 cm³/mol. The van der Waals surface area contributed by atoms with Gasteiger partial charge in [-0.2, -0.15) is 0 Å². The minimum absolute atomic E-state index is 0.210. The van der Waals surface area contributed by atoms with Gasteiger partial charge in [0, 0.05) is 0 Å². The van der Waals surface area contributed by atoms with Gasteiger partial charge in [0.15, 0.2) is 0 Å². The monoisotopic (exact) mass is 417 g/mol. The first-order chi connectivity index (χ1) is 6.16. The topological polar surface area (TPSA) is 87.8 Å². The van der Waals surface area contributed by atoms with Crippen LogP contribution in [0.5, 0.6) is 0 Å². The molecule has 0 aliphatic carbocycles. The molecule has 0 saturated carbocycles. The van der Waals surface area contributed by atoms with E-state index in [0.29, 0.717) is 4.61 Å². The molecule has 80 valence electrons. The van der Waals surface area contributed by atoms with Gasteiger partial charge in [-0.15, -0.1) is 0 Å². The second-order valence-corrected chi connectivity index (χ2v) is 5.61. The molecule has 13 heavy (non-hydrogen) atoms. The second-order valence-electron chi connectivity index (χ2n) is 1.48. The molecule has 8 heteroatoms. The van der Waals surface area contributed by atoms with Crippen LogP contribution in [0.25, 0.3) is 0 Å². The fraction of sp³-hybridized carbons (Fsp3) is 0.600. The first kappa shape index (κ1) is 13.2. The number of carbonyl (C=O) groups is 2. The molecular formula is C5H9I2NO5-2. The van der Waals surface area contributed by atoms with Gasteiger partial charge in [-0.25, -0.2) is 0 Å². The van der Waals surface area contributed by atoms with Crippen LogP contribution in [-0.4, -0.2) is 26.4 Å². The molecule has 2 N–H and O–H groups in total. The van der Waals surface area contributed by atoms with E-state index in [1.165, 1.54) is 7.11 Å². The van der Waals surface area contributed by atoms with Crippen molar-refractivity contribution in [3.63, 3.8) is 0 Å². The maximum absolute atomic E-state index is 10.6. The Balaban J connectivity index is 3.08. The summed E-state index contributed by atoms with van der Waals surface area (Å²) in [7, 11) is 1.34. The van der Waals surface area contributed by atoms with Crippen LogP contribution in [0.3, 0.4) is 0 Å². The van der Waals surface area contributed by atoms with E-state index in [0.717, 1.165) is 0 Å². The zero-order chi connectivity index (χ0) is 10.1. The van der Waals surface area contributed by atoms with Gasteiger partial charge in [-0.3, -0.25) is 0 Å². The number of hydrogen-bond acceptors (Lipinski definition) is 5. The second kappa shape index (κ2) is 8.74. The van der Waals surface area contributed by atoms with E-state index in [9.17, 15) is 9.59 Å². The van der Waals surface area contributed by atoms with E-state index < -0.39 is 48.9 Å². The van der Waals surface area contributed by atoms with Gasteiger partial charge in [0.05, 0.1) is 0 Å². The Bertz CT molecular complexity index is 176. The van der Waals surface area contributed by atoms with Crippen molar-refractivity contribution >= 4 is 10.1 Å². The molecule has 0 heterocycles. The van der Waals surface area contributed by atoms with E-state index in [-0.39, 0.29) is 8.59 Å². The molecule has 0 saturated heterocycles. The Labute approximate surface area is 96.5 Å². The van der Waals surface area contributed by atoms with Gasteiger partial charge in [0.1, 0.15) is 0 Å². The van der Waals surface area contributed by atoms with Crippen molar-refractivity contribution in [3.8, 4) is 0 Å². The Morgan fingerprint density at radius 1 is 1.38 bits per heavy atom. The van der Waals surface area contributed by atoms with Crippen LogP contribution in [0, 0.1) is 0 Å². The summed E-state index contributed by atoms with van der Waals surface area (Å²) in [4.78, 5) is 20.7. The van der Waals surface area contributed by atoms with E-state index in [4.69, 9.17) is 8.80 Å². The number of primary amides is 1. The molecule has 0 aromatic carbocycles. The zero-order valence-electron chi connectivity index (χ0n) is 6.79. The van der Waals surface area contributed by atoms with Crippen molar-refractivity contribution in [3.05, 3.63) is 0 Å². The first-order valence-electron chi connectivity index (χ1n) is 2.97. The number of methoxy groups -OCH3 is 1. The summed E-state index contributed by atoms with van der Waals surface area (Å²) >= 11 is -1.35. The van der Waals surface area contributed by atoms with Crippen LogP contribution in [-0.2, 0) is 12.5 Å². The van der Waals surface area contributed by atoms with Crippen molar-refractivity contribution in [2.45, 2.75) is 0 Å². The van der Waals surface area contributed by atoms with E-state index >= 15 is 0 Å². The third kappa shape index (κ3) is 10.1. The van der Waals surface area contributed by atoms with Gasteiger partial charge >= 0.3 is 97.1 Å². The number of halogens is 2. The quantitative estimate of drug-likeness (QED) is 0.201. The van der Waals surface area contributed by atoms with Crippen molar-refractivity contribution in [2.75, 3.05) is 16.3 Å². The molecule has 0 bridgehead atoms. The number of alkyl halides is 2. The summed E-state index contributed by atoms with van der Waals surface area (Å²) < 4.78 is 14.4. The maximum atomic E-state index is 10.6. The number of carbonyl (C=O) groups excluding carboxylic acids is 2. The molecule has 0 unspecified atom stereocenters. The molecule has 1 amide bonds. The van der Waals surface area contributed by atoms with Crippen LogP contribution in [0.15, 0.2) is 0 Å². The van der Waals surface area contributed by atoms with Gasteiger partial charge in [-0.05, 0) is 0 Å². The molecule has 0 atom stereocenters. The molecule has 0 radical (unpaired) electrons. The minimum atomic E-state index is -0.800. The Morgan fingerprint density at radius 2 is 2.08 bits per heavy atom. The fourth-order valence-corrected chi connectivity index (χ4v) is 3.63. The van der Waals surface area contributed by atoms with Crippen LogP contribution >= 0.6 is 0 Å². The standard InChI is InChI=1S/C5H9I2NO5/c1-11-4(9)6-2-13-7-3-12-5(8)10/h2-3H2,1H3,(H2,8,10)/q-2. The SMILES string of the molecule is COC(=O)[I-]CO[I-]COC(N)=O. The van der Waals surface area contributed by atoms with Crippen LogP contribution in [0.2, 0.25) is 0 Å². The Morgan fingerprint density at radius 3 is 2.62 bits per heavy atom. The van der Waals surface area contributed by atoms with Gasteiger partial charge in [-0.1, -0.05) is 0 Å². The molecule has 0 rings (SSSR count). The first-order valence-corrected chi connectivity index (χ1v) is 7.98. The van der Waals surface area contributed by atoms with Gasteiger partial charge in [0.2, 0.25) is 0 Å².